The lowest BCUT2D eigenvalue weighted by molar-refractivity contribution is 0.0697. The van der Waals surface area contributed by atoms with Crippen LogP contribution in [0.4, 0.5) is 0 Å². The SMILES string of the molecule is C=C[C@](C)(O)C[C@H]1C[C@H]2CC[C@H]1C2. The molecule has 0 aromatic carbocycles. The molecule has 2 saturated carbocycles. The third kappa shape index (κ3) is 1.80. The van der Waals surface area contributed by atoms with Crippen LogP contribution in [-0.4, -0.2) is 10.7 Å². The van der Waals surface area contributed by atoms with Crippen molar-refractivity contribution in [3.8, 4) is 0 Å². The Kier molecular flexibility index (Phi) is 2.23. The Bertz CT molecular complexity index is 207. The molecule has 2 aliphatic rings. The number of fused-ring (bicyclic) bond motifs is 2. The van der Waals surface area contributed by atoms with E-state index >= 15 is 0 Å². The first-order chi connectivity index (χ1) is 6.11. The van der Waals surface area contributed by atoms with Crippen LogP contribution in [0.3, 0.4) is 0 Å². The smallest absolute Gasteiger partial charge is 0.0799 e. The summed E-state index contributed by atoms with van der Waals surface area (Å²) in [4.78, 5) is 0. The van der Waals surface area contributed by atoms with Crippen LogP contribution in [0.1, 0.15) is 39.0 Å². The van der Waals surface area contributed by atoms with Crippen LogP contribution in [0.2, 0.25) is 0 Å². The van der Waals surface area contributed by atoms with Crippen molar-refractivity contribution in [1.82, 2.24) is 0 Å². The summed E-state index contributed by atoms with van der Waals surface area (Å²) >= 11 is 0. The molecule has 0 heterocycles. The zero-order valence-electron chi connectivity index (χ0n) is 8.50. The van der Waals surface area contributed by atoms with E-state index in [0.29, 0.717) is 0 Å². The Hall–Kier alpha value is -0.300. The van der Waals surface area contributed by atoms with Gasteiger partial charge in [-0.05, 0) is 50.4 Å². The molecule has 0 aromatic heterocycles. The minimum absolute atomic E-state index is 0.630. The summed E-state index contributed by atoms with van der Waals surface area (Å²) < 4.78 is 0. The van der Waals surface area contributed by atoms with Crippen LogP contribution in [0, 0.1) is 17.8 Å². The quantitative estimate of drug-likeness (QED) is 0.662. The van der Waals surface area contributed by atoms with Gasteiger partial charge in [0.05, 0.1) is 5.60 Å². The number of hydrogen-bond acceptors (Lipinski definition) is 1. The Morgan fingerprint density at radius 3 is 2.69 bits per heavy atom. The van der Waals surface area contributed by atoms with Gasteiger partial charge in [0.25, 0.3) is 0 Å². The van der Waals surface area contributed by atoms with Crippen LogP contribution in [0.15, 0.2) is 12.7 Å². The lowest BCUT2D eigenvalue weighted by atomic mass is 9.81. The van der Waals surface area contributed by atoms with E-state index in [0.717, 1.165) is 24.2 Å². The zero-order valence-corrected chi connectivity index (χ0v) is 8.50. The minimum atomic E-state index is -0.630. The molecule has 2 aliphatic carbocycles. The van der Waals surface area contributed by atoms with Crippen molar-refractivity contribution < 1.29 is 5.11 Å². The number of rotatable bonds is 3. The first-order valence-corrected chi connectivity index (χ1v) is 5.47. The molecule has 0 saturated heterocycles. The highest BCUT2D eigenvalue weighted by atomic mass is 16.3. The van der Waals surface area contributed by atoms with E-state index < -0.39 is 5.60 Å². The Morgan fingerprint density at radius 1 is 1.46 bits per heavy atom. The van der Waals surface area contributed by atoms with Crippen molar-refractivity contribution in [3.63, 3.8) is 0 Å². The van der Waals surface area contributed by atoms with Crippen molar-refractivity contribution in [2.24, 2.45) is 17.8 Å². The molecule has 13 heavy (non-hydrogen) atoms. The highest BCUT2D eigenvalue weighted by Gasteiger charge is 2.41. The van der Waals surface area contributed by atoms with Gasteiger partial charge >= 0.3 is 0 Å². The van der Waals surface area contributed by atoms with Gasteiger partial charge in [0, 0.05) is 0 Å². The molecule has 1 nitrogen and oxygen atoms in total. The molecule has 1 heteroatoms. The van der Waals surface area contributed by atoms with Gasteiger partial charge in [-0.15, -0.1) is 6.58 Å². The molecule has 2 bridgehead atoms. The first kappa shape index (κ1) is 9.26. The highest BCUT2D eigenvalue weighted by Crippen LogP contribution is 2.50. The fourth-order valence-corrected chi connectivity index (χ4v) is 3.24. The summed E-state index contributed by atoms with van der Waals surface area (Å²) in [7, 11) is 0. The van der Waals surface area contributed by atoms with E-state index in [4.69, 9.17) is 0 Å². The molecule has 0 amide bonds. The second kappa shape index (κ2) is 3.13. The average molecular weight is 180 g/mol. The van der Waals surface area contributed by atoms with Gasteiger partial charge in [-0.1, -0.05) is 12.5 Å². The Labute approximate surface area is 80.8 Å². The zero-order chi connectivity index (χ0) is 9.47. The summed E-state index contributed by atoms with van der Waals surface area (Å²) in [5.41, 5.74) is -0.630. The van der Waals surface area contributed by atoms with Gasteiger partial charge in [0.1, 0.15) is 0 Å². The molecule has 0 unspecified atom stereocenters. The molecule has 0 spiro atoms. The Morgan fingerprint density at radius 2 is 2.23 bits per heavy atom. The molecule has 2 fully saturated rings. The van der Waals surface area contributed by atoms with Gasteiger partial charge in [-0.3, -0.25) is 0 Å². The van der Waals surface area contributed by atoms with Gasteiger partial charge in [-0.25, -0.2) is 0 Å². The largest absolute Gasteiger partial charge is 0.386 e. The van der Waals surface area contributed by atoms with E-state index in [2.05, 4.69) is 6.58 Å². The maximum Gasteiger partial charge on any atom is 0.0799 e. The van der Waals surface area contributed by atoms with Gasteiger partial charge in [-0.2, -0.15) is 0 Å². The molecular formula is C12H20O. The molecule has 0 aromatic rings. The topological polar surface area (TPSA) is 20.2 Å². The number of hydrogen-bond donors (Lipinski definition) is 1. The van der Waals surface area contributed by atoms with Crippen molar-refractivity contribution in [1.29, 1.82) is 0 Å². The third-order valence-electron chi connectivity index (χ3n) is 4.00. The molecular weight excluding hydrogens is 160 g/mol. The van der Waals surface area contributed by atoms with E-state index in [1.54, 1.807) is 6.08 Å². The van der Waals surface area contributed by atoms with E-state index in [-0.39, 0.29) is 0 Å². The van der Waals surface area contributed by atoms with Crippen LogP contribution < -0.4 is 0 Å². The molecule has 74 valence electrons. The summed E-state index contributed by atoms with van der Waals surface area (Å²) in [6, 6.07) is 0. The third-order valence-corrected chi connectivity index (χ3v) is 4.00. The molecule has 4 atom stereocenters. The predicted octanol–water partition coefficient (Wildman–Crippen LogP) is 2.75. The maximum absolute atomic E-state index is 9.89. The van der Waals surface area contributed by atoms with Crippen LogP contribution in [0.25, 0.3) is 0 Å². The fraction of sp³-hybridized carbons (Fsp3) is 0.833. The van der Waals surface area contributed by atoms with Gasteiger partial charge in [0.2, 0.25) is 0 Å². The highest BCUT2D eigenvalue weighted by molar-refractivity contribution is 4.98. The number of aliphatic hydroxyl groups is 1. The predicted molar refractivity (Wildman–Crippen MR) is 54.4 cm³/mol. The van der Waals surface area contributed by atoms with E-state index in [9.17, 15) is 5.11 Å². The lowest BCUT2D eigenvalue weighted by Gasteiger charge is -2.28. The maximum atomic E-state index is 9.89. The Balaban J connectivity index is 1.93. The second-order valence-electron chi connectivity index (χ2n) is 5.20. The normalized spacial score (nSPS) is 41.8. The van der Waals surface area contributed by atoms with Crippen molar-refractivity contribution in [2.45, 2.75) is 44.6 Å². The van der Waals surface area contributed by atoms with Crippen LogP contribution in [-0.2, 0) is 0 Å². The van der Waals surface area contributed by atoms with Crippen LogP contribution >= 0.6 is 0 Å². The molecule has 0 radical (unpaired) electrons. The molecule has 1 N–H and O–H groups in total. The first-order valence-electron chi connectivity index (χ1n) is 5.47. The second-order valence-corrected chi connectivity index (χ2v) is 5.20. The van der Waals surface area contributed by atoms with Crippen molar-refractivity contribution in [2.75, 3.05) is 0 Å². The standard InChI is InChI=1S/C12H20O/c1-3-12(2,13)8-11-7-9-4-5-10(11)6-9/h3,9-11,13H,1,4-8H2,2H3/t9-,10-,11+,12-/m0/s1. The lowest BCUT2D eigenvalue weighted by Crippen LogP contribution is -2.27. The van der Waals surface area contributed by atoms with E-state index in [1.165, 1.54) is 25.7 Å². The summed E-state index contributed by atoms with van der Waals surface area (Å²) in [5, 5.41) is 9.89. The molecule has 2 rings (SSSR count). The average Bonchev–Trinajstić information content (AvgIpc) is 2.64. The van der Waals surface area contributed by atoms with E-state index in [1.807, 2.05) is 6.92 Å². The summed E-state index contributed by atoms with van der Waals surface area (Å²) in [6.45, 7) is 5.57. The van der Waals surface area contributed by atoms with Gasteiger partial charge < -0.3 is 5.11 Å². The summed E-state index contributed by atoms with van der Waals surface area (Å²) in [6.07, 6.45) is 8.25. The molecule has 0 aliphatic heterocycles. The van der Waals surface area contributed by atoms with Crippen LogP contribution in [0.5, 0.6) is 0 Å². The minimum Gasteiger partial charge on any atom is -0.386 e. The monoisotopic (exact) mass is 180 g/mol. The van der Waals surface area contributed by atoms with Crippen molar-refractivity contribution in [3.05, 3.63) is 12.7 Å². The summed E-state index contributed by atoms with van der Waals surface area (Å²) in [5.74, 6) is 2.67. The van der Waals surface area contributed by atoms with Gasteiger partial charge in [0.15, 0.2) is 0 Å². The fourth-order valence-electron chi connectivity index (χ4n) is 3.24. The van der Waals surface area contributed by atoms with Crippen molar-refractivity contribution >= 4 is 0 Å².